The smallest absolute Gasteiger partial charge is 0.0246 e. The minimum Gasteiger partial charge on any atom is -0.106 e. The zero-order valence-corrected chi connectivity index (χ0v) is 9.12. The van der Waals surface area contributed by atoms with Crippen LogP contribution in [0.4, 0.5) is 0 Å². The van der Waals surface area contributed by atoms with Gasteiger partial charge in [0.1, 0.15) is 0 Å². The molecule has 0 atom stereocenters. The van der Waals surface area contributed by atoms with Gasteiger partial charge in [-0.3, -0.25) is 0 Å². The Bertz CT molecular complexity index is 150. The van der Waals surface area contributed by atoms with Crippen molar-refractivity contribution in [3.8, 4) is 0 Å². The summed E-state index contributed by atoms with van der Waals surface area (Å²) in [7, 11) is 1.50. The molecule has 0 N–H and O–H groups in total. The van der Waals surface area contributed by atoms with E-state index in [4.69, 9.17) is 11.8 Å². The van der Waals surface area contributed by atoms with Gasteiger partial charge in [0.05, 0.1) is 0 Å². The van der Waals surface area contributed by atoms with E-state index in [1.807, 2.05) is 12.2 Å². The van der Waals surface area contributed by atoms with Gasteiger partial charge in [-0.05, 0) is 0 Å². The topological polar surface area (TPSA) is 0 Å². The van der Waals surface area contributed by atoms with Gasteiger partial charge in [0.25, 0.3) is 0 Å². The van der Waals surface area contributed by atoms with Gasteiger partial charge in [0.2, 0.25) is 0 Å². The molecule has 10 heavy (non-hydrogen) atoms. The van der Waals surface area contributed by atoms with Crippen molar-refractivity contribution in [1.29, 1.82) is 0 Å². The SMILES string of the molecule is C=CCP(=S)(CC=C)SS. The average molecular weight is 210 g/mol. The van der Waals surface area contributed by atoms with Gasteiger partial charge in [-0.1, -0.05) is 34.4 Å². The Labute approximate surface area is 76.7 Å². The van der Waals surface area contributed by atoms with Gasteiger partial charge in [0.15, 0.2) is 0 Å². The number of allylic oxidation sites excluding steroid dienone is 2. The Kier molecular flexibility index (Phi) is 5.93. The summed E-state index contributed by atoms with van der Waals surface area (Å²) in [6.45, 7) is 7.31. The van der Waals surface area contributed by atoms with E-state index in [0.717, 1.165) is 12.3 Å². The average Bonchev–Trinajstić information content (AvgIpc) is 1.89. The predicted octanol–water partition coefficient (Wildman–Crippen LogP) is 3.33. The zero-order valence-electron chi connectivity index (χ0n) is 5.69. The molecular formula is C6H11PS3. The first-order chi connectivity index (χ1) is 4.68. The third-order valence-electron chi connectivity index (χ3n) is 0.963. The maximum Gasteiger partial charge on any atom is 0.0246 e. The number of thiol groups is 1. The molecule has 0 bridgehead atoms. The summed E-state index contributed by atoms with van der Waals surface area (Å²) >= 11 is 9.49. The quantitative estimate of drug-likeness (QED) is 0.320. The molecule has 0 aromatic carbocycles. The molecule has 0 aliphatic carbocycles. The number of hydrogen-bond donors (Lipinski definition) is 1. The van der Waals surface area contributed by atoms with Crippen LogP contribution in [0.2, 0.25) is 0 Å². The van der Waals surface area contributed by atoms with E-state index in [1.165, 1.54) is 10.4 Å². The van der Waals surface area contributed by atoms with E-state index >= 15 is 0 Å². The molecule has 0 saturated carbocycles. The van der Waals surface area contributed by atoms with Crippen LogP contribution in [0.1, 0.15) is 0 Å². The number of rotatable bonds is 5. The molecule has 0 aromatic rings. The summed E-state index contributed by atoms with van der Waals surface area (Å²) < 4.78 is 0. The zero-order chi connectivity index (χ0) is 8.04. The first kappa shape index (κ1) is 10.8. The van der Waals surface area contributed by atoms with E-state index in [1.54, 1.807) is 0 Å². The maximum absolute atomic E-state index is 5.36. The van der Waals surface area contributed by atoms with Crippen molar-refractivity contribution in [3.05, 3.63) is 25.3 Å². The Morgan fingerprint density at radius 1 is 1.40 bits per heavy atom. The number of hydrogen-bond acceptors (Lipinski definition) is 3. The van der Waals surface area contributed by atoms with Gasteiger partial charge >= 0.3 is 0 Å². The lowest BCUT2D eigenvalue weighted by molar-refractivity contribution is 1.70. The first-order valence-electron chi connectivity index (χ1n) is 2.81. The van der Waals surface area contributed by atoms with Crippen LogP contribution in [-0.4, -0.2) is 12.3 Å². The van der Waals surface area contributed by atoms with Crippen molar-refractivity contribution in [2.75, 3.05) is 12.3 Å². The molecule has 0 rings (SSSR count). The van der Waals surface area contributed by atoms with Crippen molar-refractivity contribution in [2.45, 2.75) is 0 Å². The molecule has 0 saturated heterocycles. The second-order valence-corrected chi connectivity index (χ2v) is 11.2. The van der Waals surface area contributed by atoms with Crippen LogP contribution in [0.5, 0.6) is 0 Å². The molecule has 0 amide bonds. The van der Waals surface area contributed by atoms with Crippen LogP contribution < -0.4 is 0 Å². The van der Waals surface area contributed by atoms with Crippen molar-refractivity contribution >= 4 is 39.1 Å². The second kappa shape index (κ2) is 5.48. The van der Waals surface area contributed by atoms with E-state index in [0.29, 0.717) is 0 Å². The molecule has 0 radical (unpaired) electrons. The highest BCUT2D eigenvalue weighted by Crippen LogP contribution is 2.60. The lowest BCUT2D eigenvalue weighted by Gasteiger charge is -2.13. The van der Waals surface area contributed by atoms with Crippen molar-refractivity contribution < 1.29 is 0 Å². The standard InChI is InChI=1S/C6H11PS3/c1-3-5-7(8,10-9)6-4-2/h3-4,9H,1-2,5-6H2. The first-order valence-corrected chi connectivity index (χ1v) is 8.46. The Morgan fingerprint density at radius 3 is 2.00 bits per heavy atom. The minimum atomic E-state index is -1.32. The van der Waals surface area contributed by atoms with E-state index < -0.39 is 5.24 Å². The molecule has 0 aromatic heterocycles. The van der Waals surface area contributed by atoms with E-state index in [2.05, 4.69) is 24.8 Å². The third-order valence-corrected chi connectivity index (χ3v) is 10.1. The van der Waals surface area contributed by atoms with E-state index in [9.17, 15) is 0 Å². The summed E-state index contributed by atoms with van der Waals surface area (Å²) in [6.07, 6.45) is 5.55. The van der Waals surface area contributed by atoms with E-state index in [-0.39, 0.29) is 0 Å². The Balaban J connectivity index is 4.07. The van der Waals surface area contributed by atoms with Crippen LogP contribution in [-0.2, 0) is 11.8 Å². The third kappa shape index (κ3) is 3.87. The highest BCUT2D eigenvalue weighted by Gasteiger charge is 2.10. The van der Waals surface area contributed by atoms with Crippen molar-refractivity contribution in [3.63, 3.8) is 0 Å². The fourth-order valence-electron chi connectivity index (χ4n) is 0.535. The summed E-state index contributed by atoms with van der Waals surface area (Å²) in [6, 6.07) is 0. The van der Waals surface area contributed by atoms with Gasteiger partial charge in [-0.25, -0.2) is 0 Å². The summed E-state index contributed by atoms with van der Waals surface area (Å²) in [5, 5.41) is -1.32. The fourth-order valence-corrected chi connectivity index (χ4v) is 4.47. The fraction of sp³-hybridized carbons (Fsp3) is 0.333. The van der Waals surface area contributed by atoms with Crippen LogP contribution in [0.15, 0.2) is 25.3 Å². The minimum absolute atomic E-state index is 0.905. The van der Waals surface area contributed by atoms with Crippen LogP contribution in [0.3, 0.4) is 0 Å². The molecule has 0 heterocycles. The molecule has 0 aliphatic rings. The lowest BCUT2D eigenvalue weighted by atomic mass is 10.8. The van der Waals surface area contributed by atoms with Gasteiger partial charge in [-0.2, -0.15) is 0 Å². The van der Waals surface area contributed by atoms with Crippen LogP contribution in [0.25, 0.3) is 0 Å². The summed E-state index contributed by atoms with van der Waals surface area (Å²) in [5.74, 6) is 0. The van der Waals surface area contributed by atoms with Gasteiger partial charge in [0, 0.05) is 17.6 Å². The predicted molar refractivity (Wildman–Crippen MR) is 61.0 cm³/mol. The highest BCUT2D eigenvalue weighted by atomic mass is 33.4. The maximum atomic E-state index is 5.36. The lowest BCUT2D eigenvalue weighted by Crippen LogP contribution is -1.82. The van der Waals surface area contributed by atoms with Crippen LogP contribution in [0, 0.1) is 0 Å². The molecule has 0 aliphatic heterocycles. The Morgan fingerprint density at radius 2 is 1.80 bits per heavy atom. The summed E-state index contributed by atoms with van der Waals surface area (Å²) in [5.41, 5.74) is 0. The molecule has 4 heteroatoms. The van der Waals surface area contributed by atoms with Gasteiger partial charge in [-0.15, -0.1) is 24.8 Å². The van der Waals surface area contributed by atoms with Gasteiger partial charge < -0.3 is 0 Å². The highest BCUT2D eigenvalue weighted by molar-refractivity contribution is 9.00. The molecule has 0 fully saturated rings. The largest absolute Gasteiger partial charge is 0.106 e. The Hall–Kier alpha value is 0.830. The molecule has 0 spiro atoms. The molecule has 0 unspecified atom stereocenters. The van der Waals surface area contributed by atoms with Crippen molar-refractivity contribution in [1.82, 2.24) is 0 Å². The molecular weight excluding hydrogens is 199 g/mol. The van der Waals surface area contributed by atoms with Crippen LogP contribution >= 0.6 is 27.3 Å². The monoisotopic (exact) mass is 210 g/mol. The summed E-state index contributed by atoms with van der Waals surface area (Å²) in [4.78, 5) is 0. The molecule has 58 valence electrons. The molecule has 0 nitrogen and oxygen atoms in total. The van der Waals surface area contributed by atoms with Crippen molar-refractivity contribution in [2.24, 2.45) is 0 Å². The normalized spacial score (nSPS) is 10.9. The second-order valence-electron chi connectivity index (χ2n) is 1.84.